The van der Waals surface area contributed by atoms with Crippen molar-refractivity contribution in [3.05, 3.63) is 47.7 Å². The SMILES string of the molecule is CC(=CC(=O)c1ccccc1)NC12CCC(CC1)C2. The first-order valence-electron chi connectivity index (χ1n) is 7.23. The Labute approximate surface area is 114 Å². The first-order chi connectivity index (χ1) is 9.17. The van der Waals surface area contributed by atoms with Gasteiger partial charge in [0.15, 0.2) is 5.78 Å². The van der Waals surface area contributed by atoms with Gasteiger partial charge in [-0.05, 0) is 44.9 Å². The number of hydrogen-bond acceptors (Lipinski definition) is 2. The molecule has 0 radical (unpaired) electrons. The molecule has 0 heterocycles. The predicted octanol–water partition coefficient (Wildman–Crippen LogP) is 3.70. The minimum Gasteiger partial charge on any atom is -0.383 e. The van der Waals surface area contributed by atoms with E-state index in [1.165, 1.54) is 32.1 Å². The Morgan fingerprint density at radius 2 is 1.95 bits per heavy atom. The Kier molecular flexibility index (Phi) is 3.17. The summed E-state index contributed by atoms with van der Waals surface area (Å²) in [6.45, 7) is 2.02. The summed E-state index contributed by atoms with van der Waals surface area (Å²) in [6.07, 6.45) is 8.28. The fraction of sp³-hybridized carbons (Fsp3) is 0.471. The molecule has 0 aliphatic heterocycles. The Morgan fingerprint density at radius 3 is 2.53 bits per heavy atom. The normalized spacial score (nSPS) is 29.5. The molecular formula is C17H21NO. The van der Waals surface area contributed by atoms with Gasteiger partial charge in [0.05, 0.1) is 0 Å². The maximum absolute atomic E-state index is 12.1. The van der Waals surface area contributed by atoms with Crippen LogP contribution in [0, 0.1) is 5.92 Å². The van der Waals surface area contributed by atoms with Gasteiger partial charge in [0.25, 0.3) is 0 Å². The van der Waals surface area contributed by atoms with Crippen molar-refractivity contribution in [1.29, 1.82) is 0 Å². The number of carbonyl (C=O) groups excluding carboxylic acids is 1. The first kappa shape index (κ1) is 12.5. The van der Waals surface area contributed by atoms with Crippen molar-refractivity contribution in [2.75, 3.05) is 0 Å². The van der Waals surface area contributed by atoms with E-state index in [2.05, 4.69) is 5.32 Å². The summed E-state index contributed by atoms with van der Waals surface area (Å²) in [7, 11) is 0. The number of hydrogen-bond donors (Lipinski definition) is 1. The van der Waals surface area contributed by atoms with Crippen molar-refractivity contribution in [2.24, 2.45) is 5.92 Å². The van der Waals surface area contributed by atoms with Gasteiger partial charge in [0, 0.05) is 22.9 Å². The minimum atomic E-state index is 0.0922. The van der Waals surface area contributed by atoms with Crippen molar-refractivity contribution in [1.82, 2.24) is 5.32 Å². The lowest BCUT2D eigenvalue weighted by Gasteiger charge is -2.29. The average Bonchev–Trinajstić information content (AvgIpc) is 2.99. The molecule has 2 saturated carbocycles. The third kappa shape index (κ3) is 2.58. The summed E-state index contributed by atoms with van der Waals surface area (Å²) in [6, 6.07) is 9.47. The van der Waals surface area contributed by atoms with Crippen LogP contribution in [0.25, 0.3) is 0 Å². The summed E-state index contributed by atoms with van der Waals surface area (Å²) >= 11 is 0. The van der Waals surface area contributed by atoms with E-state index in [-0.39, 0.29) is 5.78 Å². The van der Waals surface area contributed by atoms with Crippen LogP contribution in [0.4, 0.5) is 0 Å². The second-order valence-corrected chi connectivity index (χ2v) is 6.11. The third-order valence-corrected chi connectivity index (χ3v) is 4.61. The number of fused-ring (bicyclic) bond motifs is 2. The van der Waals surface area contributed by atoms with Gasteiger partial charge in [-0.1, -0.05) is 30.3 Å². The topological polar surface area (TPSA) is 29.1 Å². The highest BCUT2D eigenvalue weighted by molar-refractivity contribution is 6.04. The maximum atomic E-state index is 12.1. The number of nitrogens with one attached hydrogen (secondary N) is 1. The van der Waals surface area contributed by atoms with Crippen molar-refractivity contribution in [2.45, 2.75) is 44.6 Å². The summed E-state index contributed by atoms with van der Waals surface area (Å²) in [4.78, 5) is 12.1. The van der Waals surface area contributed by atoms with Crippen LogP contribution in [-0.2, 0) is 0 Å². The maximum Gasteiger partial charge on any atom is 0.187 e. The predicted molar refractivity (Wildman–Crippen MR) is 77.0 cm³/mol. The molecule has 0 amide bonds. The second-order valence-electron chi connectivity index (χ2n) is 6.11. The Morgan fingerprint density at radius 1 is 1.26 bits per heavy atom. The highest BCUT2D eigenvalue weighted by Gasteiger charge is 2.44. The highest BCUT2D eigenvalue weighted by atomic mass is 16.1. The molecule has 2 nitrogen and oxygen atoms in total. The molecule has 1 N–H and O–H groups in total. The molecule has 0 spiro atoms. The fourth-order valence-corrected chi connectivity index (χ4v) is 3.70. The lowest BCUT2D eigenvalue weighted by Crippen LogP contribution is -2.39. The molecule has 1 aromatic carbocycles. The van der Waals surface area contributed by atoms with Crippen molar-refractivity contribution >= 4 is 5.78 Å². The molecule has 1 aromatic rings. The zero-order valence-corrected chi connectivity index (χ0v) is 11.5. The van der Waals surface area contributed by atoms with E-state index in [0.717, 1.165) is 17.2 Å². The smallest absolute Gasteiger partial charge is 0.187 e. The van der Waals surface area contributed by atoms with Gasteiger partial charge < -0.3 is 5.32 Å². The fourth-order valence-electron chi connectivity index (χ4n) is 3.70. The number of allylic oxidation sites excluding steroid dienone is 2. The number of ketones is 1. The summed E-state index contributed by atoms with van der Waals surface area (Å²) in [5, 5.41) is 3.62. The van der Waals surface area contributed by atoms with Gasteiger partial charge in [-0.15, -0.1) is 0 Å². The summed E-state index contributed by atoms with van der Waals surface area (Å²) in [5.41, 5.74) is 2.07. The highest BCUT2D eigenvalue weighted by Crippen LogP contribution is 2.47. The van der Waals surface area contributed by atoms with E-state index in [0.29, 0.717) is 5.54 Å². The summed E-state index contributed by atoms with van der Waals surface area (Å²) < 4.78 is 0. The van der Waals surface area contributed by atoms with Crippen LogP contribution in [0.1, 0.15) is 49.4 Å². The van der Waals surface area contributed by atoms with Crippen molar-refractivity contribution < 1.29 is 4.79 Å². The molecule has 0 aromatic heterocycles. The average molecular weight is 255 g/mol. The molecule has 2 bridgehead atoms. The monoisotopic (exact) mass is 255 g/mol. The molecule has 19 heavy (non-hydrogen) atoms. The van der Waals surface area contributed by atoms with Gasteiger partial charge in [0.2, 0.25) is 0 Å². The Bertz CT molecular complexity index is 495. The van der Waals surface area contributed by atoms with Crippen LogP contribution in [-0.4, -0.2) is 11.3 Å². The van der Waals surface area contributed by atoms with Crippen LogP contribution < -0.4 is 5.32 Å². The van der Waals surface area contributed by atoms with Gasteiger partial charge in [-0.3, -0.25) is 4.79 Å². The quantitative estimate of drug-likeness (QED) is 0.656. The van der Waals surface area contributed by atoms with E-state index >= 15 is 0 Å². The van der Waals surface area contributed by atoms with Crippen molar-refractivity contribution in [3.63, 3.8) is 0 Å². The third-order valence-electron chi connectivity index (χ3n) is 4.61. The van der Waals surface area contributed by atoms with E-state index < -0.39 is 0 Å². The van der Waals surface area contributed by atoms with Crippen LogP contribution in [0.3, 0.4) is 0 Å². The molecule has 2 aliphatic rings. The largest absolute Gasteiger partial charge is 0.383 e. The molecule has 2 fully saturated rings. The van der Waals surface area contributed by atoms with Crippen LogP contribution in [0.5, 0.6) is 0 Å². The van der Waals surface area contributed by atoms with Gasteiger partial charge in [-0.25, -0.2) is 0 Å². The van der Waals surface area contributed by atoms with Crippen LogP contribution in [0.2, 0.25) is 0 Å². The Balaban J connectivity index is 1.68. The molecule has 2 heteroatoms. The van der Waals surface area contributed by atoms with Gasteiger partial charge in [-0.2, -0.15) is 0 Å². The zero-order valence-electron chi connectivity index (χ0n) is 11.5. The second kappa shape index (κ2) is 4.84. The lowest BCUT2D eigenvalue weighted by atomic mass is 9.93. The number of carbonyl (C=O) groups is 1. The first-order valence-corrected chi connectivity index (χ1v) is 7.23. The van der Waals surface area contributed by atoms with E-state index in [9.17, 15) is 4.79 Å². The van der Waals surface area contributed by atoms with E-state index in [1.807, 2.05) is 37.3 Å². The molecule has 3 rings (SSSR count). The summed E-state index contributed by atoms with van der Waals surface area (Å²) in [5.74, 6) is 1.01. The van der Waals surface area contributed by atoms with Crippen molar-refractivity contribution in [3.8, 4) is 0 Å². The number of rotatable bonds is 4. The molecular weight excluding hydrogens is 234 g/mol. The van der Waals surface area contributed by atoms with Crippen LogP contribution >= 0.6 is 0 Å². The zero-order chi connectivity index (χ0) is 13.3. The van der Waals surface area contributed by atoms with E-state index in [4.69, 9.17) is 0 Å². The van der Waals surface area contributed by atoms with Gasteiger partial charge in [0.1, 0.15) is 0 Å². The lowest BCUT2D eigenvalue weighted by molar-refractivity contribution is 0.104. The minimum absolute atomic E-state index is 0.0922. The molecule has 0 saturated heterocycles. The number of benzene rings is 1. The molecule has 0 unspecified atom stereocenters. The van der Waals surface area contributed by atoms with Gasteiger partial charge >= 0.3 is 0 Å². The molecule has 100 valence electrons. The standard InChI is InChI=1S/C17H21NO/c1-13(11-16(19)15-5-3-2-4-6-15)18-17-9-7-14(12-17)8-10-17/h2-6,11,14,18H,7-10,12H2,1H3. The molecule has 2 aliphatic carbocycles. The molecule has 0 atom stereocenters. The Hall–Kier alpha value is -1.57. The van der Waals surface area contributed by atoms with E-state index in [1.54, 1.807) is 6.08 Å². The van der Waals surface area contributed by atoms with Crippen LogP contribution in [0.15, 0.2) is 42.1 Å².